The number of hydrogen-bond donors (Lipinski definition) is 2. The Labute approximate surface area is 115 Å². The lowest BCUT2D eigenvalue weighted by Crippen LogP contribution is -2.47. The van der Waals surface area contributed by atoms with Gasteiger partial charge in [0.05, 0.1) is 6.61 Å². The van der Waals surface area contributed by atoms with E-state index in [0.717, 1.165) is 11.3 Å². The first-order valence-corrected chi connectivity index (χ1v) is 6.55. The predicted octanol–water partition coefficient (Wildman–Crippen LogP) is 1.75. The number of rotatable bonds is 8. The van der Waals surface area contributed by atoms with Crippen LogP contribution < -0.4 is 10.1 Å². The van der Waals surface area contributed by atoms with Crippen molar-refractivity contribution in [3.63, 3.8) is 0 Å². The molecule has 0 radical (unpaired) electrons. The molecule has 1 aromatic carbocycles. The van der Waals surface area contributed by atoms with Crippen molar-refractivity contribution in [3.8, 4) is 5.75 Å². The Morgan fingerprint density at radius 2 is 2.00 bits per heavy atom. The topological polar surface area (TPSA) is 50.7 Å². The number of ether oxygens (including phenoxy) is 2. The summed E-state index contributed by atoms with van der Waals surface area (Å²) in [5.41, 5.74) is 0.917. The summed E-state index contributed by atoms with van der Waals surface area (Å²) in [7, 11) is 1.67. The van der Waals surface area contributed by atoms with Crippen LogP contribution in [0.25, 0.3) is 0 Å². The Hall–Kier alpha value is -1.10. The average molecular weight is 267 g/mol. The third kappa shape index (κ3) is 6.05. The Bertz CT molecular complexity index is 379. The van der Waals surface area contributed by atoms with E-state index in [2.05, 4.69) is 5.32 Å². The maximum atomic E-state index is 9.90. The van der Waals surface area contributed by atoms with Gasteiger partial charge in [0.15, 0.2) is 0 Å². The second-order valence-corrected chi connectivity index (χ2v) is 5.43. The van der Waals surface area contributed by atoms with Crippen molar-refractivity contribution in [3.05, 3.63) is 29.8 Å². The molecular weight excluding hydrogens is 242 g/mol. The lowest BCUT2D eigenvalue weighted by molar-refractivity contribution is 0.0811. The van der Waals surface area contributed by atoms with Gasteiger partial charge in [-0.1, -0.05) is 18.2 Å². The average Bonchev–Trinajstić information content (AvgIpc) is 2.35. The van der Waals surface area contributed by atoms with Crippen LogP contribution in [0.15, 0.2) is 24.3 Å². The molecule has 2 N–H and O–H groups in total. The van der Waals surface area contributed by atoms with Crippen LogP contribution in [0, 0.1) is 6.92 Å². The fourth-order valence-corrected chi connectivity index (χ4v) is 1.77. The van der Waals surface area contributed by atoms with E-state index < -0.39 is 6.10 Å². The van der Waals surface area contributed by atoms with Gasteiger partial charge in [0.25, 0.3) is 0 Å². The highest BCUT2D eigenvalue weighted by Gasteiger charge is 2.18. The lowest BCUT2D eigenvalue weighted by Gasteiger charge is -2.27. The Morgan fingerprint density at radius 3 is 2.63 bits per heavy atom. The molecule has 0 aliphatic carbocycles. The summed E-state index contributed by atoms with van der Waals surface area (Å²) in [6.45, 7) is 7.40. The molecule has 0 aliphatic heterocycles. The van der Waals surface area contributed by atoms with Crippen LogP contribution in [-0.4, -0.2) is 43.6 Å². The van der Waals surface area contributed by atoms with Crippen molar-refractivity contribution >= 4 is 0 Å². The molecule has 4 heteroatoms. The first-order chi connectivity index (χ1) is 8.94. The van der Waals surface area contributed by atoms with Gasteiger partial charge in [-0.3, -0.25) is 0 Å². The van der Waals surface area contributed by atoms with E-state index in [9.17, 15) is 5.11 Å². The largest absolute Gasteiger partial charge is 0.491 e. The van der Waals surface area contributed by atoms with Crippen molar-refractivity contribution in [1.82, 2.24) is 5.32 Å². The number of aryl methyl sites for hydroxylation is 1. The fraction of sp³-hybridized carbons (Fsp3) is 0.600. The summed E-state index contributed by atoms with van der Waals surface area (Å²) in [5.74, 6) is 0.817. The maximum Gasteiger partial charge on any atom is 0.122 e. The number of hydrogen-bond acceptors (Lipinski definition) is 4. The van der Waals surface area contributed by atoms with Crippen LogP contribution >= 0.6 is 0 Å². The monoisotopic (exact) mass is 267 g/mol. The molecule has 108 valence electrons. The molecule has 0 saturated heterocycles. The van der Waals surface area contributed by atoms with E-state index >= 15 is 0 Å². The molecule has 1 rings (SSSR count). The van der Waals surface area contributed by atoms with Gasteiger partial charge in [-0.2, -0.15) is 0 Å². The molecule has 1 aromatic rings. The molecule has 0 bridgehead atoms. The highest BCUT2D eigenvalue weighted by molar-refractivity contribution is 5.31. The minimum Gasteiger partial charge on any atom is -0.491 e. The number of para-hydroxylation sites is 1. The Kier molecular flexibility index (Phi) is 6.28. The number of nitrogens with one attached hydrogen (secondary N) is 1. The fourth-order valence-electron chi connectivity index (χ4n) is 1.77. The van der Waals surface area contributed by atoms with Crippen LogP contribution in [0.5, 0.6) is 5.75 Å². The zero-order valence-electron chi connectivity index (χ0n) is 12.3. The molecule has 0 saturated carbocycles. The van der Waals surface area contributed by atoms with Gasteiger partial charge in [-0.15, -0.1) is 0 Å². The van der Waals surface area contributed by atoms with Crippen LogP contribution in [-0.2, 0) is 4.74 Å². The minimum absolute atomic E-state index is 0.154. The molecule has 0 amide bonds. The van der Waals surface area contributed by atoms with Crippen LogP contribution in [0.1, 0.15) is 19.4 Å². The zero-order valence-corrected chi connectivity index (χ0v) is 12.3. The van der Waals surface area contributed by atoms with Gasteiger partial charge in [0, 0.05) is 19.2 Å². The Morgan fingerprint density at radius 1 is 1.32 bits per heavy atom. The third-order valence-corrected chi connectivity index (χ3v) is 2.85. The van der Waals surface area contributed by atoms with E-state index in [1.54, 1.807) is 7.11 Å². The van der Waals surface area contributed by atoms with Gasteiger partial charge in [0.1, 0.15) is 18.5 Å². The normalized spacial score (nSPS) is 13.3. The SMILES string of the molecule is COCC(C)(C)NCC(O)COc1ccccc1C. The van der Waals surface area contributed by atoms with Gasteiger partial charge < -0.3 is 19.9 Å². The smallest absolute Gasteiger partial charge is 0.122 e. The number of aliphatic hydroxyl groups is 1. The lowest BCUT2D eigenvalue weighted by atomic mass is 10.1. The molecule has 0 heterocycles. The molecule has 0 spiro atoms. The summed E-state index contributed by atoms with van der Waals surface area (Å²) in [5, 5.41) is 13.2. The summed E-state index contributed by atoms with van der Waals surface area (Å²) in [6, 6.07) is 7.79. The first-order valence-electron chi connectivity index (χ1n) is 6.55. The number of β-amino-alcohol motifs (C(OH)–C–C–N with tert-alkyl or cyclic N) is 1. The minimum atomic E-state index is -0.546. The van der Waals surface area contributed by atoms with Crippen LogP contribution in [0.3, 0.4) is 0 Å². The van der Waals surface area contributed by atoms with Crippen LogP contribution in [0.2, 0.25) is 0 Å². The van der Waals surface area contributed by atoms with Crippen molar-refractivity contribution in [2.75, 3.05) is 26.9 Å². The van der Waals surface area contributed by atoms with Gasteiger partial charge in [-0.25, -0.2) is 0 Å². The third-order valence-electron chi connectivity index (χ3n) is 2.85. The summed E-state index contributed by atoms with van der Waals surface area (Å²) < 4.78 is 10.7. The molecule has 1 unspecified atom stereocenters. The summed E-state index contributed by atoms with van der Waals surface area (Å²) >= 11 is 0. The highest BCUT2D eigenvalue weighted by atomic mass is 16.5. The molecule has 1 atom stereocenters. The quantitative estimate of drug-likeness (QED) is 0.753. The molecule has 0 fully saturated rings. The molecule has 19 heavy (non-hydrogen) atoms. The van der Waals surface area contributed by atoms with Crippen molar-refractivity contribution in [2.24, 2.45) is 0 Å². The molecule has 4 nitrogen and oxygen atoms in total. The van der Waals surface area contributed by atoms with Crippen LogP contribution in [0.4, 0.5) is 0 Å². The summed E-state index contributed by atoms with van der Waals surface area (Å²) in [4.78, 5) is 0. The second-order valence-electron chi connectivity index (χ2n) is 5.43. The van der Waals surface area contributed by atoms with Gasteiger partial charge >= 0.3 is 0 Å². The van der Waals surface area contributed by atoms with E-state index in [-0.39, 0.29) is 12.1 Å². The second kappa shape index (κ2) is 7.48. The maximum absolute atomic E-state index is 9.90. The van der Waals surface area contributed by atoms with Gasteiger partial charge in [-0.05, 0) is 32.4 Å². The number of aliphatic hydroxyl groups excluding tert-OH is 1. The number of benzene rings is 1. The van der Waals surface area contributed by atoms with E-state index in [0.29, 0.717) is 13.2 Å². The van der Waals surface area contributed by atoms with Gasteiger partial charge in [0.2, 0.25) is 0 Å². The van der Waals surface area contributed by atoms with Crippen molar-refractivity contribution in [2.45, 2.75) is 32.4 Å². The highest BCUT2D eigenvalue weighted by Crippen LogP contribution is 2.16. The summed E-state index contributed by atoms with van der Waals surface area (Å²) in [6.07, 6.45) is -0.546. The first kappa shape index (κ1) is 16.0. The molecule has 0 aliphatic rings. The molecule has 0 aromatic heterocycles. The van der Waals surface area contributed by atoms with Crippen molar-refractivity contribution in [1.29, 1.82) is 0 Å². The standard InChI is InChI=1S/C15H25NO3/c1-12-7-5-6-8-14(12)19-10-13(17)9-16-15(2,3)11-18-4/h5-8,13,16-17H,9-11H2,1-4H3. The Balaban J connectivity index is 2.32. The van der Waals surface area contributed by atoms with Crippen molar-refractivity contribution < 1.29 is 14.6 Å². The predicted molar refractivity (Wildman–Crippen MR) is 76.6 cm³/mol. The molecular formula is C15H25NO3. The van der Waals surface area contributed by atoms with E-state index in [1.165, 1.54) is 0 Å². The van der Waals surface area contributed by atoms with E-state index in [4.69, 9.17) is 9.47 Å². The van der Waals surface area contributed by atoms with E-state index in [1.807, 2.05) is 45.0 Å². The zero-order chi connectivity index (χ0) is 14.3. The number of methoxy groups -OCH3 is 1.